The molecule has 1 aromatic carbocycles. The number of piperidine rings is 1. The highest BCUT2D eigenvalue weighted by atomic mass is 16.3. The summed E-state index contributed by atoms with van der Waals surface area (Å²) in [5, 5.41) is 15.8. The van der Waals surface area contributed by atoms with Crippen molar-refractivity contribution in [2.75, 3.05) is 19.6 Å². The largest absolute Gasteiger partial charge is 0.391 e. The first-order valence-corrected chi connectivity index (χ1v) is 8.83. The number of aliphatic hydroxyl groups excluding tert-OH is 1. The van der Waals surface area contributed by atoms with E-state index in [0.717, 1.165) is 32.5 Å². The molecule has 1 heterocycles. The second-order valence-electron chi connectivity index (χ2n) is 7.80. The summed E-state index contributed by atoms with van der Waals surface area (Å²) in [5.41, 5.74) is 1.07. The van der Waals surface area contributed by atoms with Crippen molar-refractivity contribution in [3.8, 4) is 0 Å². The van der Waals surface area contributed by atoms with E-state index < -0.39 is 6.10 Å². The molecule has 3 N–H and O–H groups in total. The third-order valence-electron chi connectivity index (χ3n) is 4.55. The fourth-order valence-electron chi connectivity index (χ4n) is 2.89. The molecule has 2 atom stereocenters. The average Bonchev–Trinajstić information content (AvgIpc) is 2.53. The highest BCUT2D eigenvalue weighted by Gasteiger charge is 2.24. The molecular weight excluding hydrogens is 302 g/mol. The molecule has 1 aliphatic heterocycles. The molecule has 0 bridgehead atoms. The van der Waals surface area contributed by atoms with Crippen LogP contribution in [0.15, 0.2) is 30.3 Å². The summed E-state index contributed by atoms with van der Waals surface area (Å²) < 4.78 is 0. The number of amides is 2. The molecule has 1 aromatic rings. The van der Waals surface area contributed by atoms with Crippen molar-refractivity contribution >= 4 is 6.03 Å². The van der Waals surface area contributed by atoms with E-state index in [0.29, 0.717) is 0 Å². The molecule has 1 fully saturated rings. The van der Waals surface area contributed by atoms with Crippen LogP contribution >= 0.6 is 0 Å². The highest BCUT2D eigenvalue weighted by Crippen LogP contribution is 2.18. The zero-order chi connectivity index (χ0) is 17.6. The minimum Gasteiger partial charge on any atom is -0.391 e. The zero-order valence-electron chi connectivity index (χ0n) is 15.1. The molecule has 0 radical (unpaired) electrons. The molecule has 2 unspecified atom stereocenters. The van der Waals surface area contributed by atoms with Gasteiger partial charge in [0.1, 0.15) is 0 Å². The summed E-state index contributed by atoms with van der Waals surface area (Å²) in [6, 6.07) is 10.4. The summed E-state index contributed by atoms with van der Waals surface area (Å²) >= 11 is 0. The van der Waals surface area contributed by atoms with Crippen LogP contribution in [0.2, 0.25) is 0 Å². The number of carbonyl (C=O) groups excluding carboxylic acids is 1. The quantitative estimate of drug-likeness (QED) is 0.775. The third-order valence-corrected chi connectivity index (χ3v) is 4.55. The van der Waals surface area contributed by atoms with E-state index in [4.69, 9.17) is 0 Å². The normalized spacial score (nSPS) is 20.4. The number of hydrogen-bond acceptors (Lipinski definition) is 3. The smallest absolute Gasteiger partial charge is 0.315 e. The van der Waals surface area contributed by atoms with E-state index in [2.05, 4.69) is 39.8 Å². The van der Waals surface area contributed by atoms with Gasteiger partial charge in [-0.25, -0.2) is 4.79 Å². The van der Waals surface area contributed by atoms with E-state index in [9.17, 15) is 9.90 Å². The van der Waals surface area contributed by atoms with Crippen molar-refractivity contribution in [2.45, 2.75) is 52.3 Å². The van der Waals surface area contributed by atoms with Gasteiger partial charge >= 0.3 is 6.03 Å². The van der Waals surface area contributed by atoms with Gasteiger partial charge in [0.15, 0.2) is 0 Å². The van der Waals surface area contributed by atoms with E-state index in [1.165, 1.54) is 5.56 Å². The number of nitrogens with one attached hydrogen (secondary N) is 2. The predicted molar refractivity (Wildman–Crippen MR) is 96.7 cm³/mol. The number of carbonyl (C=O) groups is 1. The summed E-state index contributed by atoms with van der Waals surface area (Å²) in [6.07, 6.45) is 1.53. The molecule has 0 spiro atoms. The van der Waals surface area contributed by atoms with E-state index in [1.807, 2.05) is 26.8 Å². The number of benzene rings is 1. The van der Waals surface area contributed by atoms with Gasteiger partial charge in [0.05, 0.1) is 6.10 Å². The van der Waals surface area contributed by atoms with E-state index >= 15 is 0 Å². The monoisotopic (exact) mass is 333 g/mol. The number of rotatable bonds is 5. The number of urea groups is 1. The number of aliphatic hydroxyl groups is 1. The first-order valence-electron chi connectivity index (χ1n) is 8.83. The molecule has 24 heavy (non-hydrogen) atoms. The van der Waals surface area contributed by atoms with Gasteiger partial charge in [-0.1, -0.05) is 51.1 Å². The maximum Gasteiger partial charge on any atom is 0.315 e. The molecule has 1 saturated heterocycles. The lowest BCUT2D eigenvalue weighted by Gasteiger charge is -2.33. The Kier molecular flexibility index (Phi) is 6.63. The molecule has 0 saturated carbocycles. The minimum absolute atomic E-state index is 0.161. The van der Waals surface area contributed by atoms with Crippen LogP contribution < -0.4 is 10.6 Å². The molecule has 5 nitrogen and oxygen atoms in total. The molecule has 0 aromatic heterocycles. The highest BCUT2D eigenvalue weighted by molar-refractivity contribution is 5.74. The second kappa shape index (κ2) is 8.49. The summed E-state index contributed by atoms with van der Waals surface area (Å²) in [6.45, 7) is 9.00. The maximum atomic E-state index is 12.1. The molecule has 2 rings (SSSR count). The van der Waals surface area contributed by atoms with Gasteiger partial charge in [-0.05, 0) is 30.4 Å². The van der Waals surface area contributed by atoms with Crippen molar-refractivity contribution in [3.63, 3.8) is 0 Å². The van der Waals surface area contributed by atoms with Gasteiger partial charge in [-0.3, -0.25) is 4.90 Å². The van der Waals surface area contributed by atoms with Crippen LogP contribution in [0.5, 0.6) is 0 Å². The van der Waals surface area contributed by atoms with Gasteiger partial charge in [-0.2, -0.15) is 0 Å². The van der Waals surface area contributed by atoms with Crippen LogP contribution in [0.1, 0.15) is 39.2 Å². The Bertz CT molecular complexity index is 513. The van der Waals surface area contributed by atoms with Gasteiger partial charge in [0.2, 0.25) is 0 Å². The number of hydrogen-bond donors (Lipinski definition) is 3. The first-order chi connectivity index (χ1) is 11.3. The van der Waals surface area contributed by atoms with Crippen LogP contribution in [0.25, 0.3) is 0 Å². The average molecular weight is 333 g/mol. The van der Waals surface area contributed by atoms with Crippen molar-refractivity contribution in [1.29, 1.82) is 0 Å². The Morgan fingerprint density at radius 1 is 1.33 bits per heavy atom. The van der Waals surface area contributed by atoms with Gasteiger partial charge in [0.25, 0.3) is 0 Å². The van der Waals surface area contributed by atoms with Crippen LogP contribution in [0, 0.1) is 5.41 Å². The molecule has 5 heteroatoms. The zero-order valence-corrected chi connectivity index (χ0v) is 15.1. The van der Waals surface area contributed by atoms with Crippen LogP contribution in [0.3, 0.4) is 0 Å². The van der Waals surface area contributed by atoms with Gasteiger partial charge in [0, 0.05) is 25.7 Å². The van der Waals surface area contributed by atoms with Crippen LogP contribution in [-0.2, 0) is 6.54 Å². The molecule has 0 aliphatic carbocycles. The Morgan fingerprint density at radius 2 is 2.04 bits per heavy atom. The lowest BCUT2D eigenvalue weighted by molar-refractivity contribution is 0.0647. The minimum atomic E-state index is -0.552. The Balaban J connectivity index is 1.75. The summed E-state index contributed by atoms with van der Waals surface area (Å²) in [5.74, 6) is 0. The predicted octanol–water partition coefficient (Wildman–Crippen LogP) is 2.36. The second-order valence-corrected chi connectivity index (χ2v) is 7.80. The first kappa shape index (κ1) is 18.7. The van der Waals surface area contributed by atoms with E-state index in [-0.39, 0.29) is 24.0 Å². The summed E-state index contributed by atoms with van der Waals surface area (Å²) in [4.78, 5) is 14.4. The fourth-order valence-corrected chi connectivity index (χ4v) is 2.89. The van der Waals surface area contributed by atoms with Crippen molar-refractivity contribution < 1.29 is 9.90 Å². The van der Waals surface area contributed by atoms with Crippen molar-refractivity contribution in [2.24, 2.45) is 5.41 Å². The van der Waals surface area contributed by atoms with E-state index in [1.54, 1.807) is 0 Å². The number of nitrogens with zero attached hydrogens (tertiary/aromatic N) is 1. The Morgan fingerprint density at radius 3 is 2.71 bits per heavy atom. The molecule has 2 amide bonds. The van der Waals surface area contributed by atoms with Crippen LogP contribution in [-0.4, -0.2) is 47.8 Å². The fraction of sp³-hybridized carbons (Fsp3) is 0.632. The molecular formula is C19H31N3O2. The third kappa shape index (κ3) is 6.13. The lowest BCUT2D eigenvalue weighted by atomic mass is 9.89. The summed E-state index contributed by atoms with van der Waals surface area (Å²) in [7, 11) is 0. The Hall–Kier alpha value is -1.59. The lowest BCUT2D eigenvalue weighted by Crippen LogP contribution is -2.51. The number of likely N-dealkylation sites (tertiary alicyclic amines) is 1. The van der Waals surface area contributed by atoms with Crippen molar-refractivity contribution in [1.82, 2.24) is 15.5 Å². The molecule has 1 aliphatic rings. The maximum absolute atomic E-state index is 12.1. The Labute approximate surface area is 145 Å². The van der Waals surface area contributed by atoms with Gasteiger partial charge in [-0.15, -0.1) is 0 Å². The topological polar surface area (TPSA) is 64.6 Å². The SMILES string of the molecule is CC(C)(C)C(O)CNC(=O)NC1CCCN(Cc2ccccc2)C1. The van der Waals surface area contributed by atoms with Gasteiger partial charge < -0.3 is 15.7 Å². The van der Waals surface area contributed by atoms with Crippen molar-refractivity contribution in [3.05, 3.63) is 35.9 Å². The van der Waals surface area contributed by atoms with Crippen LogP contribution in [0.4, 0.5) is 4.79 Å². The molecule has 134 valence electrons. The standard InChI is InChI=1S/C19H31N3O2/c1-19(2,3)17(23)12-20-18(24)21-16-10-7-11-22(14-16)13-15-8-5-4-6-9-15/h4-6,8-9,16-17,23H,7,10-14H2,1-3H3,(H2,20,21,24).